The van der Waals surface area contributed by atoms with Crippen molar-refractivity contribution in [3.8, 4) is 17.6 Å². The molecule has 1 rings (SSSR count). The number of nitriles is 1. The summed E-state index contributed by atoms with van der Waals surface area (Å²) >= 11 is 0. The molecule has 0 saturated heterocycles. The number of amides is 1. The van der Waals surface area contributed by atoms with Crippen LogP contribution < -0.4 is 14.8 Å². The molecule has 0 heterocycles. The first-order valence-corrected chi connectivity index (χ1v) is 6.78. The largest absolute Gasteiger partial charge is 0.493 e. The van der Waals surface area contributed by atoms with Crippen LogP contribution in [0.4, 0.5) is 0 Å². The minimum Gasteiger partial charge on any atom is -0.493 e. The maximum absolute atomic E-state index is 11.8. The number of nitrogens with one attached hydrogen (secondary N) is 1. The molecule has 0 aliphatic heterocycles. The van der Waals surface area contributed by atoms with Crippen molar-refractivity contribution in [1.29, 1.82) is 5.26 Å². The molecule has 0 saturated carbocycles. The van der Waals surface area contributed by atoms with E-state index < -0.39 is 11.9 Å². The van der Waals surface area contributed by atoms with Crippen LogP contribution in [0, 0.1) is 11.3 Å². The van der Waals surface area contributed by atoms with Crippen molar-refractivity contribution in [2.45, 2.75) is 20.3 Å². The number of nitrogens with zero attached hydrogens (tertiary/aromatic N) is 1. The van der Waals surface area contributed by atoms with E-state index in [-0.39, 0.29) is 11.3 Å². The smallest absolute Gasteiger partial charge is 0.308 e. The zero-order chi connectivity index (χ0) is 16.5. The van der Waals surface area contributed by atoms with Crippen molar-refractivity contribution >= 4 is 18.0 Å². The lowest BCUT2D eigenvalue weighted by atomic mass is 10.1. The molecule has 1 aromatic rings. The number of hydrogen-bond donors (Lipinski definition) is 1. The van der Waals surface area contributed by atoms with E-state index in [1.54, 1.807) is 18.2 Å². The van der Waals surface area contributed by atoms with Gasteiger partial charge in [-0.1, -0.05) is 13.0 Å². The van der Waals surface area contributed by atoms with Crippen LogP contribution in [0.3, 0.4) is 0 Å². The molecule has 0 aliphatic carbocycles. The molecule has 1 aromatic carbocycles. The van der Waals surface area contributed by atoms with Gasteiger partial charge in [-0.15, -0.1) is 0 Å². The van der Waals surface area contributed by atoms with Gasteiger partial charge in [0.1, 0.15) is 11.6 Å². The molecule has 0 spiro atoms. The summed E-state index contributed by atoms with van der Waals surface area (Å²) in [7, 11) is 1.44. The summed E-state index contributed by atoms with van der Waals surface area (Å²) in [6.45, 7) is 3.72. The van der Waals surface area contributed by atoms with Crippen LogP contribution in [-0.4, -0.2) is 25.5 Å². The number of ether oxygens (including phenoxy) is 2. The number of benzene rings is 1. The fourth-order valence-electron chi connectivity index (χ4n) is 1.66. The summed E-state index contributed by atoms with van der Waals surface area (Å²) in [5, 5.41) is 11.7. The Balaban J connectivity index is 3.05. The maximum atomic E-state index is 11.8. The highest BCUT2D eigenvalue weighted by molar-refractivity contribution is 6.01. The molecule has 0 bridgehead atoms. The maximum Gasteiger partial charge on any atom is 0.308 e. The molecule has 1 N–H and O–H groups in total. The molecular formula is C16H18N2O4. The van der Waals surface area contributed by atoms with Crippen molar-refractivity contribution in [1.82, 2.24) is 5.32 Å². The zero-order valence-corrected chi connectivity index (χ0v) is 12.8. The van der Waals surface area contributed by atoms with Gasteiger partial charge in [-0.3, -0.25) is 9.59 Å². The van der Waals surface area contributed by atoms with Gasteiger partial charge in [0.05, 0.1) is 7.11 Å². The highest BCUT2D eigenvalue weighted by Crippen LogP contribution is 2.29. The van der Waals surface area contributed by atoms with Crippen molar-refractivity contribution in [3.63, 3.8) is 0 Å². The van der Waals surface area contributed by atoms with Gasteiger partial charge in [0.2, 0.25) is 0 Å². The molecule has 6 nitrogen and oxygen atoms in total. The highest BCUT2D eigenvalue weighted by atomic mass is 16.6. The van der Waals surface area contributed by atoms with Crippen LogP contribution in [0.25, 0.3) is 6.08 Å². The molecule has 22 heavy (non-hydrogen) atoms. The van der Waals surface area contributed by atoms with E-state index in [9.17, 15) is 9.59 Å². The lowest BCUT2D eigenvalue weighted by Crippen LogP contribution is -2.25. The SMILES string of the molecule is CCCNC(=O)/C(C#N)=C/c1ccc(OC(C)=O)c(OC)c1. The number of rotatable bonds is 6. The second-order valence-electron chi connectivity index (χ2n) is 4.43. The summed E-state index contributed by atoms with van der Waals surface area (Å²) in [6, 6.07) is 6.63. The van der Waals surface area contributed by atoms with Gasteiger partial charge in [0.25, 0.3) is 5.91 Å². The molecule has 1 amide bonds. The number of carbonyl (C=O) groups excluding carboxylic acids is 2. The van der Waals surface area contributed by atoms with E-state index >= 15 is 0 Å². The number of carbonyl (C=O) groups is 2. The van der Waals surface area contributed by atoms with Gasteiger partial charge >= 0.3 is 5.97 Å². The second-order valence-corrected chi connectivity index (χ2v) is 4.43. The van der Waals surface area contributed by atoms with E-state index in [2.05, 4.69) is 5.32 Å². The van der Waals surface area contributed by atoms with E-state index in [1.807, 2.05) is 13.0 Å². The Morgan fingerprint density at radius 1 is 1.36 bits per heavy atom. The molecule has 0 aromatic heterocycles. The summed E-state index contributed by atoms with van der Waals surface area (Å²) in [5.74, 6) is -0.262. The third-order valence-corrected chi connectivity index (χ3v) is 2.65. The molecule has 6 heteroatoms. The number of esters is 1. The van der Waals surface area contributed by atoms with Gasteiger partial charge in [0.15, 0.2) is 11.5 Å². The van der Waals surface area contributed by atoms with E-state index in [4.69, 9.17) is 14.7 Å². The van der Waals surface area contributed by atoms with Gasteiger partial charge in [-0.25, -0.2) is 0 Å². The fraction of sp³-hybridized carbons (Fsp3) is 0.312. The Morgan fingerprint density at radius 3 is 2.64 bits per heavy atom. The van der Waals surface area contributed by atoms with Crippen molar-refractivity contribution in [2.75, 3.05) is 13.7 Å². The monoisotopic (exact) mass is 302 g/mol. The zero-order valence-electron chi connectivity index (χ0n) is 12.8. The highest BCUT2D eigenvalue weighted by Gasteiger charge is 2.11. The van der Waals surface area contributed by atoms with Crippen LogP contribution in [0.1, 0.15) is 25.8 Å². The Kier molecular flexibility index (Phi) is 6.64. The summed E-state index contributed by atoms with van der Waals surface area (Å²) in [6.07, 6.45) is 2.24. The second kappa shape index (κ2) is 8.47. The summed E-state index contributed by atoms with van der Waals surface area (Å²) < 4.78 is 10.1. The lowest BCUT2D eigenvalue weighted by molar-refractivity contribution is -0.132. The molecule has 0 atom stereocenters. The number of hydrogen-bond acceptors (Lipinski definition) is 5. The van der Waals surface area contributed by atoms with Crippen LogP contribution >= 0.6 is 0 Å². The molecule has 0 fully saturated rings. The van der Waals surface area contributed by atoms with Crippen molar-refractivity contribution < 1.29 is 19.1 Å². The molecular weight excluding hydrogens is 284 g/mol. The van der Waals surface area contributed by atoms with Gasteiger partial charge in [-0.2, -0.15) is 5.26 Å². The van der Waals surface area contributed by atoms with Crippen LogP contribution in [0.2, 0.25) is 0 Å². The standard InChI is InChI=1S/C16H18N2O4/c1-4-7-18-16(20)13(10-17)8-12-5-6-14(22-11(2)19)15(9-12)21-3/h5-6,8-9H,4,7H2,1-3H3,(H,18,20)/b13-8+. The van der Waals surface area contributed by atoms with Crippen LogP contribution in [0.15, 0.2) is 23.8 Å². The minimum atomic E-state index is -0.460. The quantitative estimate of drug-likeness (QED) is 0.376. The Bertz CT molecular complexity index is 630. The Hall–Kier alpha value is -2.81. The van der Waals surface area contributed by atoms with Crippen molar-refractivity contribution in [2.24, 2.45) is 0 Å². The third kappa shape index (κ3) is 4.94. The summed E-state index contributed by atoms with van der Waals surface area (Å²) in [4.78, 5) is 22.8. The topological polar surface area (TPSA) is 88.4 Å². The van der Waals surface area contributed by atoms with E-state index in [1.165, 1.54) is 20.1 Å². The van der Waals surface area contributed by atoms with Crippen LogP contribution in [0.5, 0.6) is 11.5 Å². The van der Waals surface area contributed by atoms with E-state index in [0.717, 1.165) is 6.42 Å². The lowest BCUT2D eigenvalue weighted by Gasteiger charge is -2.08. The van der Waals surface area contributed by atoms with Gasteiger partial charge in [0, 0.05) is 13.5 Å². The molecule has 0 radical (unpaired) electrons. The predicted octanol–water partition coefficient (Wildman–Crippen LogP) is 2.05. The first-order chi connectivity index (χ1) is 10.5. The third-order valence-electron chi connectivity index (χ3n) is 2.65. The molecule has 116 valence electrons. The minimum absolute atomic E-state index is 0.00395. The Morgan fingerprint density at radius 2 is 2.09 bits per heavy atom. The van der Waals surface area contributed by atoms with Gasteiger partial charge < -0.3 is 14.8 Å². The average Bonchev–Trinajstić information content (AvgIpc) is 2.50. The van der Waals surface area contributed by atoms with Crippen molar-refractivity contribution in [3.05, 3.63) is 29.3 Å². The predicted molar refractivity (Wildman–Crippen MR) is 81.2 cm³/mol. The first-order valence-electron chi connectivity index (χ1n) is 6.78. The summed E-state index contributed by atoms with van der Waals surface area (Å²) in [5.41, 5.74) is 0.590. The number of methoxy groups -OCH3 is 1. The van der Waals surface area contributed by atoms with E-state index in [0.29, 0.717) is 17.9 Å². The van der Waals surface area contributed by atoms with Gasteiger partial charge in [-0.05, 0) is 30.2 Å². The average molecular weight is 302 g/mol. The molecule has 0 unspecified atom stereocenters. The normalized spacial score (nSPS) is 10.5. The fourth-order valence-corrected chi connectivity index (χ4v) is 1.66. The first kappa shape index (κ1) is 17.2. The Labute approximate surface area is 129 Å². The molecule has 0 aliphatic rings. The van der Waals surface area contributed by atoms with Crippen LogP contribution in [-0.2, 0) is 9.59 Å².